The molecule has 0 radical (unpaired) electrons. The minimum absolute atomic E-state index is 0.0797. The van der Waals surface area contributed by atoms with Gasteiger partial charge in [-0.3, -0.25) is 13.9 Å². The quantitative estimate of drug-likeness (QED) is 0.347. The first-order valence-electron chi connectivity index (χ1n) is 12.8. The largest absolute Gasteiger partial charge is 0.497 e. The van der Waals surface area contributed by atoms with Crippen molar-refractivity contribution in [1.29, 1.82) is 0 Å². The van der Waals surface area contributed by atoms with E-state index in [0.29, 0.717) is 17.9 Å². The van der Waals surface area contributed by atoms with Gasteiger partial charge in [-0.2, -0.15) is 0 Å². The molecule has 9 heteroatoms. The van der Waals surface area contributed by atoms with Gasteiger partial charge in [-0.1, -0.05) is 60.2 Å². The summed E-state index contributed by atoms with van der Waals surface area (Å²) in [5.41, 5.74) is 3.44. The van der Waals surface area contributed by atoms with Crippen molar-refractivity contribution in [1.82, 2.24) is 10.2 Å². The molecule has 2 amide bonds. The SMILES string of the molecule is CNC(=O)[C@@H](Cc1ccccc1)N(Cc1ccc(C)cc1)C(=O)CCCN(c1ccc(OC)cc1)S(C)(=O)=O. The molecule has 0 bridgehead atoms. The number of hydrogen-bond acceptors (Lipinski definition) is 5. The van der Waals surface area contributed by atoms with Gasteiger partial charge in [0, 0.05) is 33.0 Å². The third-order valence-electron chi connectivity index (χ3n) is 6.50. The average molecular weight is 552 g/mol. The van der Waals surface area contributed by atoms with Gasteiger partial charge in [0.05, 0.1) is 19.1 Å². The van der Waals surface area contributed by atoms with E-state index in [1.165, 1.54) is 4.31 Å². The zero-order valence-corrected chi connectivity index (χ0v) is 23.8. The molecule has 3 rings (SSSR count). The van der Waals surface area contributed by atoms with Gasteiger partial charge >= 0.3 is 0 Å². The lowest BCUT2D eigenvalue weighted by atomic mass is 10.0. The van der Waals surface area contributed by atoms with E-state index >= 15 is 0 Å². The molecule has 0 aliphatic rings. The van der Waals surface area contributed by atoms with E-state index in [0.717, 1.165) is 22.9 Å². The third-order valence-corrected chi connectivity index (χ3v) is 7.70. The van der Waals surface area contributed by atoms with Gasteiger partial charge < -0.3 is 15.0 Å². The fourth-order valence-electron chi connectivity index (χ4n) is 4.36. The highest BCUT2D eigenvalue weighted by Gasteiger charge is 2.30. The molecule has 0 aliphatic heterocycles. The van der Waals surface area contributed by atoms with Crippen LogP contribution in [0.5, 0.6) is 5.75 Å². The molecular weight excluding hydrogens is 514 g/mol. The summed E-state index contributed by atoms with van der Waals surface area (Å²) in [5.74, 6) is 0.145. The second kappa shape index (κ2) is 13.8. The number of nitrogens with zero attached hydrogens (tertiary/aromatic N) is 2. The van der Waals surface area contributed by atoms with Crippen LogP contribution in [0.2, 0.25) is 0 Å². The van der Waals surface area contributed by atoms with Gasteiger partial charge in [-0.15, -0.1) is 0 Å². The summed E-state index contributed by atoms with van der Waals surface area (Å²) >= 11 is 0. The summed E-state index contributed by atoms with van der Waals surface area (Å²) in [7, 11) is -0.473. The standard InChI is InChI=1S/C30H37N3O5S/c1-23-12-14-25(15-13-23)22-32(28(30(35)31-2)21-24-9-6-5-7-10-24)29(34)11-8-20-33(39(4,36)37)26-16-18-27(38-3)19-17-26/h5-7,9-10,12-19,28H,8,11,20-22H2,1-4H3,(H,31,35)/t28-/m1/s1. The van der Waals surface area contributed by atoms with Crippen molar-refractivity contribution in [3.05, 3.63) is 95.6 Å². The summed E-state index contributed by atoms with van der Waals surface area (Å²) in [6.07, 6.45) is 1.87. The minimum Gasteiger partial charge on any atom is -0.497 e. The first kappa shape index (κ1) is 29.7. The van der Waals surface area contributed by atoms with Crippen LogP contribution in [0, 0.1) is 6.92 Å². The maximum atomic E-state index is 13.7. The predicted octanol–water partition coefficient (Wildman–Crippen LogP) is 3.94. The number of benzene rings is 3. The number of anilines is 1. The second-order valence-electron chi connectivity index (χ2n) is 9.46. The predicted molar refractivity (Wildman–Crippen MR) is 154 cm³/mol. The average Bonchev–Trinajstić information content (AvgIpc) is 2.93. The van der Waals surface area contributed by atoms with Crippen molar-refractivity contribution in [2.24, 2.45) is 0 Å². The Bertz CT molecular complexity index is 1330. The summed E-state index contributed by atoms with van der Waals surface area (Å²) in [6, 6.07) is 23.4. The van der Waals surface area contributed by atoms with E-state index in [2.05, 4.69) is 5.32 Å². The van der Waals surface area contributed by atoms with Crippen LogP contribution in [0.4, 0.5) is 5.69 Å². The van der Waals surface area contributed by atoms with Crippen molar-refractivity contribution in [2.45, 2.75) is 38.8 Å². The van der Waals surface area contributed by atoms with E-state index in [-0.39, 0.29) is 37.7 Å². The van der Waals surface area contributed by atoms with E-state index in [9.17, 15) is 18.0 Å². The van der Waals surface area contributed by atoms with E-state index in [4.69, 9.17) is 4.74 Å². The molecule has 3 aromatic rings. The van der Waals surface area contributed by atoms with Crippen molar-refractivity contribution in [2.75, 3.05) is 31.3 Å². The molecule has 0 heterocycles. The third kappa shape index (κ3) is 8.58. The highest BCUT2D eigenvalue weighted by atomic mass is 32.2. The number of ether oxygens (including phenoxy) is 1. The lowest BCUT2D eigenvalue weighted by molar-refractivity contribution is -0.141. The number of nitrogens with one attached hydrogen (secondary N) is 1. The van der Waals surface area contributed by atoms with Crippen molar-refractivity contribution in [3.8, 4) is 5.75 Å². The Morgan fingerprint density at radius 3 is 2.13 bits per heavy atom. The number of sulfonamides is 1. The molecule has 1 N–H and O–H groups in total. The molecule has 0 saturated carbocycles. The second-order valence-corrected chi connectivity index (χ2v) is 11.4. The van der Waals surface area contributed by atoms with Crippen LogP contribution in [-0.4, -0.2) is 58.1 Å². The highest BCUT2D eigenvalue weighted by molar-refractivity contribution is 7.92. The fourth-order valence-corrected chi connectivity index (χ4v) is 5.33. The monoisotopic (exact) mass is 551 g/mol. The van der Waals surface area contributed by atoms with Crippen LogP contribution in [-0.2, 0) is 32.6 Å². The van der Waals surface area contributed by atoms with E-state index in [1.54, 1.807) is 43.3 Å². The molecule has 3 aromatic carbocycles. The minimum atomic E-state index is -3.58. The molecule has 1 atom stereocenters. The Labute approximate surface area is 231 Å². The Kier molecular flexibility index (Phi) is 10.5. The Morgan fingerprint density at radius 1 is 0.923 bits per heavy atom. The van der Waals surface area contributed by atoms with Crippen LogP contribution in [0.1, 0.15) is 29.5 Å². The Morgan fingerprint density at radius 2 is 1.56 bits per heavy atom. The van der Waals surface area contributed by atoms with Gasteiger partial charge in [-0.25, -0.2) is 8.42 Å². The van der Waals surface area contributed by atoms with E-state index in [1.807, 2.05) is 61.5 Å². The fraction of sp³-hybridized carbons (Fsp3) is 0.333. The first-order valence-corrected chi connectivity index (χ1v) is 14.7. The first-order chi connectivity index (χ1) is 18.6. The molecule has 0 fully saturated rings. The summed E-state index contributed by atoms with van der Waals surface area (Å²) in [5, 5.41) is 2.71. The molecule has 39 heavy (non-hydrogen) atoms. The molecule has 0 aromatic heterocycles. The number of carbonyl (C=O) groups excluding carboxylic acids is 2. The number of amides is 2. The molecule has 0 unspecified atom stereocenters. The smallest absolute Gasteiger partial charge is 0.242 e. The van der Waals surface area contributed by atoms with Gasteiger partial charge in [-0.05, 0) is 48.7 Å². The lowest BCUT2D eigenvalue weighted by Gasteiger charge is -2.31. The molecule has 0 saturated heterocycles. The van der Waals surface area contributed by atoms with Crippen molar-refractivity contribution >= 4 is 27.5 Å². The zero-order chi connectivity index (χ0) is 28.4. The normalized spacial score (nSPS) is 11.9. The maximum Gasteiger partial charge on any atom is 0.242 e. The van der Waals surface area contributed by atoms with Crippen LogP contribution in [0.25, 0.3) is 0 Å². The van der Waals surface area contributed by atoms with Crippen LogP contribution >= 0.6 is 0 Å². The summed E-state index contributed by atoms with van der Waals surface area (Å²) < 4.78 is 31.6. The molecular formula is C30H37N3O5S. The molecule has 0 spiro atoms. The van der Waals surface area contributed by atoms with Crippen LogP contribution < -0.4 is 14.4 Å². The topological polar surface area (TPSA) is 96.0 Å². The summed E-state index contributed by atoms with van der Waals surface area (Å²) in [6.45, 7) is 2.38. The number of rotatable bonds is 13. The number of methoxy groups -OCH3 is 1. The van der Waals surface area contributed by atoms with Gasteiger partial charge in [0.15, 0.2) is 0 Å². The number of aryl methyl sites for hydroxylation is 1. The van der Waals surface area contributed by atoms with Gasteiger partial charge in [0.2, 0.25) is 21.8 Å². The van der Waals surface area contributed by atoms with Crippen LogP contribution in [0.3, 0.4) is 0 Å². The number of hydrogen-bond donors (Lipinski definition) is 1. The highest BCUT2D eigenvalue weighted by Crippen LogP contribution is 2.23. The molecule has 208 valence electrons. The van der Waals surface area contributed by atoms with E-state index < -0.39 is 16.1 Å². The van der Waals surface area contributed by atoms with Crippen LogP contribution in [0.15, 0.2) is 78.9 Å². The molecule has 8 nitrogen and oxygen atoms in total. The Hall–Kier alpha value is -3.85. The zero-order valence-electron chi connectivity index (χ0n) is 23.0. The number of carbonyl (C=O) groups is 2. The lowest BCUT2D eigenvalue weighted by Crippen LogP contribution is -2.49. The number of likely N-dealkylation sites (N-methyl/N-ethyl adjacent to an activating group) is 1. The maximum absolute atomic E-state index is 13.7. The van der Waals surface area contributed by atoms with Gasteiger partial charge in [0.25, 0.3) is 0 Å². The summed E-state index contributed by atoms with van der Waals surface area (Å²) in [4.78, 5) is 28.3. The van der Waals surface area contributed by atoms with Crippen molar-refractivity contribution < 1.29 is 22.7 Å². The van der Waals surface area contributed by atoms with Crippen molar-refractivity contribution in [3.63, 3.8) is 0 Å². The van der Waals surface area contributed by atoms with Gasteiger partial charge in [0.1, 0.15) is 11.8 Å². The Balaban J connectivity index is 1.82. The molecule has 0 aliphatic carbocycles.